The van der Waals surface area contributed by atoms with Gasteiger partial charge in [-0.2, -0.15) is 0 Å². The fraction of sp³-hybridized carbons (Fsp3) is 0.259. The van der Waals surface area contributed by atoms with Crippen molar-refractivity contribution >= 4 is 11.8 Å². The van der Waals surface area contributed by atoms with Crippen LogP contribution in [-0.4, -0.2) is 29.3 Å². The van der Waals surface area contributed by atoms with E-state index in [9.17, 15) is 9.59 Å². The average Bonchev–Trinajstić information content (AvgIpc) is 3.34. The van der Waals surface area contributed by atoms with Crippen LogP contribution in [0.4, 0.5) is 0 Å². The Balaban J connectivity index is 1.26. The van der Waals surface area contributed by atoms with Crippen LogP contribution < -0.4 is 10.1 Å². The van der Waals surface area contributed by atoms with Crippen molar-refractivity contribution in [1.29, 1.82) is 0 Å². The molecule has 1 heterocycles. The summed E-state index contributed by atoms with van der Waals surface area (Å²) in [5, 5.41) is 3.00. The van der Waals surface area contributed by atoms with E-state index < -0.39 is 0 Å². The van der Waals surface area contributed by atoms with Crippen LogP contribution in [0.5, 0.6) is 5.75 Å². The normalized spacial score (nSPS) is 15.4. The van der Waals surface area contributed by atoms with Crippen LogP contribution >= 0.6 is 0 Å². The predicted molar refractivity (Wildman–Crippen MR) is 124 cm³/mol. The Morgan fingerprint density at radius 1 is 0.844 bits per heavy atom. The molecule has 1 saturated heterocycles. The summed E-state index contributed by atoms with van der Waals surface area (Å²) in [6.07, 6.45) is 1.90. The molecule has 0 saturated carbocycles. The second-order valence-corrected chi connectivity index (χ2v) is 8.04. The molecule has 1 aliphatic heterocycles. The summed E-state index contributed by atoms with van der Waals surface area (Å²) in [6, 6.07) is 27.0. The van der Waals surface area contributed by atoms with Crippen LogP contribution in [0, 0.1) is 0 Å². The second kappa shape index (κ2) is 10.6. The van der Waals surface area contributed by atoms with E-state index in [1.54, 1.807) is 4.90 Å². The van der Waals surface area contributed by atoms with Crippen molar-refractivity contribution in [3.8, 4) is 5.75 Å². The minimum atomic E-state index is -0.384. The number of carbonyl (C=O) groups is 2. The van der Waals surface area contributed by atoms with E-state index in [-0.39, 0.29) is 17.9 Å². The Hall–Kier alpha value is -3.60. The van der Waals surface area contributed by atoms with Crippen molar-refractivity contribution in [2.45, 2.75) is 38.5 Å². The van der Waals surface area contributed by atoms with E-state index in [1.807, 2.05) is 84.9 Å². The summed E-state index contributed by atoms with van der Waals surface area (Å²) in [6.45, 7) is 1.58. The number of nitrogens with zero attached hydrogens (tertiary/aromatic N) is 1. The van der Waals surface area contributed by atoms with Crippen molar-refractivity contribution in [2.75, 3.05) is 6.54 Å². The fourth-order valence-electron chi connectivity index (χ4n) is 3.95. The third-order valence-corrected chi connectivity index (χ3v) is 5.71. The van der Waals surface area contributed by atoms with Gasteiger partial charge in [-0.05, 0) is 41.7 Å². The lowest BCUT2D eigenvalue weighted by Gasteiger charge is -2.24. The summed E-state index contributed by atoms with van der Waals surface area (Å²) in [4.78, 5) is 27.3. The largest absolute Gasteiger partial charge is 0.489 e. The third-order valence-electron chi connectivity index (χ3n) is 5.71. The van der Waals surface area contributed by atoms with Gasteiger partial charge >= 0.3 is 0 Å². The van der Waals surface area contributed by atoms with Gasteiger partial charge in [0.05, 0.1) is 6.42 Å². The number of benzene rings is 3. The first-order chi connectivity index (χ1) is 15.7. The molecule has 32 heavy (non-hydrogen) atoms. The molecule has 1 atom stereocenters. The van der Waals surface area contributed by atoms with Gasteiger partial charge < -0.3 is 15.0 Å². The van der Waals surface area contributed by atoms with Crippen molar-refractivity contribution in [3.05, 3.63) is 102 Å². The first-order valence-corrected chi connectivity index (χ1v) is 11.1. The monoisotopic (exact) mass is 428 g/mol. The SMILES string of the molecule is O=C(NCc1ccc(COc2ccccc2)cc1)C1CCCN1C(=O)Cc1ccccc1. The van der Waals surface area contributed by atoms with E-state index in [1.165, 1.54) is 0 Å². The topological polar surface area (TPSA) is 58.6 Å². The van der Waals surface area contributed by atoms with Gasteiger partial charge in [0.15, 0.2) is 0 Å². The zero-order valence-electron chi connectivity index (χ0n) is 18.1. The Morgan fingerprint density at radius 2 is 1.50 bits per heavy atom. The molecule has 164 valence electrons. The molecule has 0 bridgehead atoms. The number of nitrogens with one attached hydrogen (secondary N) is 1. The number of rotatable bonds is 8. The summed E-state index contributed by atoms with van der Waals surface area (Å²) in [5.41, 5.74) is 3.05. The Morgan fingerprint density at radius 3 is 2.22 bits per heavy atom. The molecule has 1 unspecified atom stereocenters. The molecule has 0 aliphatic carbocycles. The predicted octanol–water partition coefficient (Wildman–Crippen LogP) is 4.12. The molecule has 0 aromatic heterocycles. The maximum Gasteiger partial charge on any atom is 0.243 e. The van der Waals surface area contributed by atoms with Crippen LogP contribution in [0.25, 0.3) is 0 Å². The van der Waals surface area contributed by atoms with Crippen molar-refractivity contribution in [3.63, 3.8) is 0 Å². The van der Waals surface area contributed by atoms with Crippen LogP contribution in [-0.2, 0) is 29.2 Å². The van der Waals surface area contributed by atoms with Crippen molar-refractivity contribution in [1.82, 2.24) is 10.2 Å². The first kappa shape index (κ1) is 21.6. The highest BCUT2D eigenvalue weighted by atomic mass is 16.5. The molecule has 2 amide bonds. The van der Waals surface area contributed by atoms with Gasteiger partial charge in [-0.1, -0.05) is 72.8 Å². The zero-order valence-corrected chi connectivity index (χ0v) is 18.1. The molecule has 5 nitrogen and oxygen atoms in total. The van der Waals surface area contributed by atoms with Crippen LogP contribution in [0.1, 0.15) is 29.5 Å². The zero-order chi connectivity index (χ0) is 22.2. The van der Waals surface area contributed by atoms with E-state index >= 15 is 0 Å². The van der Waals surface area contributed by atoms with Crippen molar-refractivity contribution < 1.29 is 14.3 Å². The minimum absolute atomic E-state index is 0.0108. The average molecular weight is 429 g/mol. The van der Waals surface area contributed by atoms with E-state index in [4.69, 9.17) is 4.74 Å². The summed E-state index contributed by atoms with van der Waals surface area (Å²) >= 11 is 0. The number of likely N-dealkylation sites (tertiary alicyclic amines) is 1. The van der Waals surface area contributed by atoms with Gasteiger partial charge in [-0.15, -0.1) is 0 Å². The summed E-state index contributed by atoms with van der Waals surface area (Å²) < 4.78 is 5.77. The van der Waals surface area contributed by atoms with E-state index in [0.29, 0.717) is 32.5 Å². The van der Waals surface area contributed by atoms with Gasteiger partial charge in [0.2, 0.25) is 11.8 Å². The molecule has 3 aromatic rings. The van der Waals surface area contributed by atoms with Gasteiger partial charge in [0.25, 0.3) is 0 Å². The number of hydrogen-bond donors (Lipinski definition) is 1. The number of para-hydroxylation sites is 1. The number of ether oxygens (including phenoxy) is 1. The van der Waals surface area contributed by atoms with Crippen LogP contribution in [0.15, 0.2) is 84.9 Å². The number of amides is 2. The lowest BCUT2D eigenvalue weighted by Crippen LogP contribution is -2.46. The van der Waals surface area contributed by atoms with E-state index in [0.717, 1.165) is 28.9 Å². The van der Waals surface area contributed by atoms with Gasteiger partial charge in [-0.25, -0.2) is 0 Å². The molecule has 1 aliphatic rings. The highest BCUT2D eigenvalue weighted by Gasteiger charge is 2.33. The minimum Gasteiger partial charge on any atom is -0.489 e. The quantitative estimate of drug-likeness (QED) is 0.587. The Labute approximate surface area is 189 Å². The molecular weight excluding hydrogens is 400 g/mol. The summed E-state index contributed by atoms with van der Waals surface area (Å²) in [5.74, 6) is 0.767. The Bertz CT molecular complexity index is 1020. The molecule has 4 rings (SSSR count). The number of carbonyl (C=O) groups excluding carboxylic acids is 2. The first-order valence-electron chi connectivity index (χ1n) is 11.1. The molecule has 0 spiro atoms. The lowest BCUT2D eigenvalue weighted by molar-refractivity contribution is -0.138. The number of hydrogen-bond acceptors (Lipinski definition) is 3. The highest BCUT2D eigenvalue weighted by molar-refractivity contribution is 5.89. The Kier molecular flexibility index (Phi) is 7.18. The molecule has 3 aromatic carbocycles. The van der Waals surface area contributed by atoms with Gasteiger partial charge in [0.1, 0.15) is 18.4 Å². The molecule has 0 radical (unpaired) electrons. The standard InChI is InChI=1S/C27H28N2O3/c30-26(18-21-8-3-1-4-9-21)29-17-7-12-25(29)27(31)28-19-22-13-15-23(16-14-22)20-32-24-10-5-2-6-11-24/h1-6,8-11,13-16,25H,7,12,17-20H2,(H,28,31). The van der Waals surface area contributed by atoms with Crippen LogP contribution in [0.3, 0.4) is 0 Å². The highest BCUT2D eigenvalue weighted by Crippen LogP contribution is 2.19. The second-order valence-electron chi connectivity index (χ2n) is 8.04. The van der Waals surface area contributed by atoms with Crippen LogP contribution in [0.2, 0.25) is 0 Å². The molecule has 1 N–H and O–H groups in total. The molecular formula is C27H28N2O3. The lowest BCUT2D eigenvalue weighted by atomic mass is 10.1. The van der Waals surface area contributed by atoms with E-state index in [2.05, 4.69) is 5.32 Å². The van der Waals surface area contributed by atoms with Gasteiger partial charge in [-0.3, -0.25) is 9.59 Å². The van der Waals surface area contributed by atoms with Crippen molar-refractivity contribution in [2.24, 2.45) is 0 Å². The fourth-order valence-corrected chi connectivity index (χ4v) is 3.95. The van der Waals surface area contributed by atoms with Gasteiger partial charge in [0, 0.05) is 13.1 Å². The smallest absolute Gasteiger partial charge is 0.243 e. The molecule has 1 fully saturated rings. The molecule has 5 heteroatoms. The maximum atomic E-state index is 12.8. The summed E-state index contributed by atoms with van der Waals surface area (Å²) in [7, 11) is 0. The maximum absolute atomic E-state index is 12.8. The third kappa shape index (κ3) is 5.76.